The van der Waals surface area contributed by atoms with Crippen LogP contribution in [0.1, 0.15) is 25.3 Å². The molecule has 2 heterocycles. The van der Waals surface area contributed by atoms with Crippen molar-refractivity contribution >= 4 is 17.6 Å². The van der Waals surface area contributed by atoms with E-state index in [9.17, 15) is 9.59 Å². The summed E-state index contributed by atoms with van der Waals surface area (Å²) in [6, 6.07) is 8.10. The van der Waals surface area contributed by atoms with Crippen LogP contribution in [0.5, 0.6) is 0 Å². The number of amides is 1. The fourth-order valence-electron chi connectivity index (χ4n) is 3.67. The molecule has 1 saturated heterocycles. The molecule has 0 bridgehead atoms. The fourth-order valence-corrected chi connectivity index (χ4v) is 3.67. The Kier molecular flexibility index (Phi) is 4.87. The first-order chi connectivity index (χ1) is 11.5. The lowest BCUT2D eigenvalue weighted by Crippen LogP contribution is -2.47. The number of fused-ring (bicyclic) bond motifs is 1. The summed E-state index contributed by atoms with van der Waals surface area (Å²) in [6.45, 7) is 5.21. The molecule has 2 aliphatic heterocycles. The molecule has 1 aromatic carbocycles. The van der Waals surface area contributed by atoms with Crippen LogP contribution in [-0.2, 0) is 16.0 Å². The summed E-state index contributed by atoms with van der Waals surface area (Å²) in [4.78, 5) is 27.4. The Hall–Kier alpha value is -1.92. The van der Waals surface area contributed by atoms with Gasteiger partial charge in [0.15, 0.2) is 0 Å². The van der Waals surface area contributed by atoms with Crippen LogP contribution >= 0.6 is 0 Å². The number of anilines is 1. The van der Waals surface area contributed by atoms with E-state index in [0.717, 1.165) is 44.7 Å². The highest BCUT2D eigenvalue weighted by Crippen LogP contribution is 2.28. The minimum atomic E-state index is -0.836. The van der Waals surface area contributed by atoms with Gasteiger partial charge in [-0.3, -0.25) is 9.59 Å². The summed E-state index contributed by atoms with van der Waals surface area (Å²) < 4.78 is 0. The second kappa shape index (κ2) is 6.91. The molecule has 3 rings (SSSR count). The number of carboxylic acids is 1. The van der Waals surface area contributed by atoms with E-state index in [0.29, 0.717) is 6.42 Å². The molecule has 0 unspecified atom stereocenters. The first-order valence-electron chi connectivity index (χ1n) is 8.54. The predicted molar refractivity (Wildman–Crippen MR) is 92.2 cm³/mol. The number of carbonyl (C=O) groups is 2. The quantitative estimate of drug-likeness (QED) is 0.817. The molecule has 1 fully saturated rings. The highest BCUT2D eigenvalue weighted by molar-refractivity contribution is 5.95. The van der Waals surface area contributed by atoms with Crippen LogP contribution < -0.4 is 10.2 Å². The van der Waals surface area contributed by atoms with Crippen LogP contribution in [0.2, 0.25) is 0 Å². The third kappa shape index (κ3) is 3.76. The lowest BCUT2D eigenvalue weighted by molar-refractivity contribution is -0.136. The van der Waals surface area contributed by atoms with Crippen molar-refractivity contribution in [2.24, 2.45) is 0 Å². The van der Waals surface area contributed by atoms with Crippen molar-refractivity contribution in [2.45, 2.75) is 31.7 Å². The second-order valence-corrected chi connectivity index (χ2v) is 7.01. The lowest BCUT2D eigenvalue weighted by atomic mass is 10.0. The Bertz CT molecular complexity index is 634. The van der Waals surface area contributed by atoms with Gasteiger partial charge in [0.2, 0.25) is 5.91 Å². The molecule has 0 aromatic heterocycles. The normalized spacial score (nSPS) is 23.5. The summed E-state index contributed by atoms with van der Waals surface area (Å²) >= 11 is 0. The molecule has 6 nitrogen and oxygen atoms in total. The van der Waals surface area contributed by atoms with E-state index in [4.69, 9.17) is 5.11 Å². The van der Waals surface area contributed by atoms with Crippen LogP contribution in [0.25, 0.3) is 0 Å². The van der Waals surface area contributed by atoms with Gasteiger partial charge in [-0.25, -0.2) is 0 Å². The van der Waals surface area contributed by atoms with Crippen molar-refractivity contribution in [3.8, 4) is 0 Å². The molecular formula is C18H25N3O3. The van der Waals surface area contributed by atoms with Crippen molar-refractivity contribution in [3.63, 3.8) is 0 Å². The number of aliphatic carboxylic acids is 1. The predicted octanol–water partition coefficient (Wildman–Crippen LogP) is 1.10. The maximum absolute atomic E-state index is 12.5. The molecule has 1 amide bonds. The van der Waals surface area contributed by atoms with Gasteiger partial charge in [-0.2, -0.15) is 0 Å². The number of carbonyl (C=O) groups excluding carboxylic acids is 1. The molecule has 6 heteroatoms. The molecule has 2 aliphatic rings. The first-order valence-corrected chi connectivity index (χ1v) is 8.54. The van der Waals surface area contributed by atoms with Crippen LogP contribution in [0.3, 0.4) is 0 Å². The number of nitrogens with one attached hydrogen (secondary N) is 1. The summed E-state index contributed by atoms with van der Waals surface area (Å²) in [5.74, 6) is -0.662. The highest BCUT2D eigenvalue weighted by Gasteiger charge is 2.34. The fraction of sp³-hybridized carbons (Fsp3) is 0.556. The molecule has 0 radical (unpaired) electrons. The summed E-state index contributed by atoms with van der Waals surface area (Å²) in [5.41, 5.74) is 2.12. The van der Waals surface area contributed by atoms with Gasteiger partial charge in [0.05, 0.1) is 6.54 Å². The van der Waals surface area contributed by atoms with Crippen LogP contribution in [0.4, 0.5) is 5.69 Å². The largest absolute Gasteiger partial charge is 0.480 e. The number of likely N-dealkylation sites (tertiary alicyclic amines) is 1. The summed E-state index contributed by atoms with van der Waals surface area (Å²) in [5, 5.41) is 11.9. The van der Waals surface area contributed by atoms with E-state index in [-0.39, 0.29) is 18.0 Å². The number of rotatable bonds is 6. The van der Waals surface area contributed by atoms with Crippen LogP contribution in [0.15, 0.2) is 24.3 Å². The zero-order valence-corrected chi connectivity index (χ0v) is 14.1. The van der Waals surface area contributed by atoms with E-state index in [2.05, 4.69) is 23.2 Å². The number of nitrogens with zero attached hydrogens (tertiary/aromatic N) is 2. The van der Waals surface area contributed by atoms with Crippen molar-refractivity contribution in [1.82, 2.24) is 10.2 Å². The van der Waals surface area contributed by atoms with E-state index in [1.807, 2.05) is 23.1 Å². The van der Waals surface area contributed by atoms with E-state index in [1.54, 1.807) is 0 Å². The third-order valence-corrected chi connectivity index (χ3v) is 5.05. The number of hydrogen-bond acceptors (Lipinski definition) is 4. The second-order valence-electron chi connectivity index (χ2n) is 7.01. The van der Waals surface area contributed by atoms with Gasteiger partial charge in [-0.05, 0) is 31.4 Å². The Morgan fingerprint density at radius 3 is 2.88 bits per heavy atom. The third-order valence-electron chi connectivity index (χ3n) is 5.05. The summed E-state index contributed by atoms with van der Waals surface area (Å²) in [7, 11) is 0. The van der Waals surface area contributed by atoms with Crippen molar-refractivity contribution in [2.75, 3.05) is 37.6 Å². The van der Waals surface area contributed by atoms with Crippen molar-refractivity contribution in [3.05, 3.63) is 29.8 Å². The Morgan fingerprint density at radius 1 is 1.29 bits per heavy atom. The van der Waals surface area contributed by atoms with Gasteiger partial charge in [-0.1, -0.05) is 18.2 Å². The number of benzene rings is 1. The minimum absolute atomic E-state index is 0.0200. The number of hydrogen-bond donors (Lipinski definition) is 2. The molecular weight excluding hydrogens is 306 g/mol. The molecule has 0 spiro atoms. The molecule has 130 valence electrons. The van der Waals surface area contributed by atoms with E-state index in [1.165, 1.54) is 5.56 Å². The SMILES string of the molecule is C[C@@]1(NCC(=O)O)CCN(CCC(=O)N2CCc3ccccc32)C1. The highest BCUT2D eigenvalue weighted by atomic mass is 16.4. The van der Waals surface area contributed by atoms with E-state index >= 15 is 0 Å². The van der Waals surface area contributed by atoms with Crippen molar-refractivity contribution in [1.29, 1.82) is 0 Å². The average Bonchev–Trinajstić information content (AvgIpc) is 3.15. The standard InChI is InChI=1S/C18H25N3O3/c1-18(19-12-17(23)24)8-11-20(13-18)9-7-16(22)21-10-6-14-4-2-3-5-15(14)21/h2-5,19H,6-13H2,1H3,(H,23,24)/t18-/m1/s1. The topological polar surface area (TPSA) is 72.9 Å². The zero-order valence-electron chi connectivity index (χ0n) is 14.1. The van der Waals surface area contributed by atoms with Gasteiger partial charge in [0.25, 0.3) is 0 Å². The molecule has 2 N–H and O–H groups in total. The molecule has 1 aromatic rings. The molecule has 1 atom stereocenters. The first kappa shape index (κ1) is 16.9. The van der Waals surface area contributed by atoms with Crippen LogP contribution in [0, 0.1) is 0 Å². The molecule has 24 heavy (non-hydrogen) atoms. The van der Waals surface area contributed by atoms with Crippen LogP contribution in [-0.4, -0.2) is 60.1 Å². The number of para-hydroxylation sites is 1. The molecule has 0 aliphatic carbocycles. The van der Waals surface area contributed by atoms with E-state index < -0.39 is 5.97 Å². The smallest absolute Gasteiger partial charge is 0.317 e. The maximum atomic E-state index is 12.5. The Morgan fingerprint density at radius 2 is 2.08 bits per heavy atom. The van der Waals surface area contributed by atoms with Gasteiger partial charge in [0.1, 0.15) is 0 Å². The minimum Gasteiger partial charge on any atom is -0.480 e. The van der Waals surface area contributed by atoms with Gasteiger partial charge < -0.3 is 20.2 Å². The lowest BCUT2D eigenvalue weighted by Gasteiger charge is -2.26. The summed E-state index contributed by atoms with van der Waals surface area (Å²) in [6.07, 6.45) is 2.34. The van der Waals surface area contributed by atoms with Gasteiger partial charge in [-0.15, -0.1) is 0 Å². The molecule has 0 saturated carbocycles. The zero-order chi connectivity index (χ0) is 17.2. The number of carboxylic acid groups (broad SMARTS) is 1. The van der Waals surface area contributed by atoms with Crippen molar-refractivity contribution < 1.29 is 14.7 Å². The van der Waals surface area contributed by atoms with Gasteiger partial charge in [0, 0.05) is 43.8 Å². The Labute approximate surface area is 142 Å². The monoisotopic (exact) mass is 331 g/mol. The average molecular weight is 331 g/mol. The van der Waals surface area contributed by atoms with Gasteiger partial charge >= 0.3 is 5.97 Å². The Balaban J connectivity index is 1.49. The maximum Gasteiger partial charge on any atom is 0.317 e.